The summed E-state index contributed by atoms with van der Waals surface area (Å²) in [6.07, 6.45) is 0. The Balaban J connectivity index is 2.30. The van der Waals surface area contributed by atoms with Crippen LogP contribution in [-0.4, -0.2) is 32.5 Å². The Morgan fingerprint density at radius 2 is 1.85 bits per heavy atom. The lowest BCUT2D eigenvalue weighted by Gasteiger charge is -2.28. The van der Waals surface area contributed by atoms with Gasteiger partial charge in [-0.3, -0.25) is 0 Å². The molecule has 0 radical (unpaired) electrons. The van der Waals surface area contributed by atoms with Crippen molar-refractivity contribution in [3.63, 3.8) is 0 Å². The van der Waals surface area contributed by atoms with Gasteiger partial charge >= 0.3 is 0 Å². The Kier molecular flexibility index (Phi) is 4.18. The molecule has 0 amide bonds. The number of rotatable bonds is 4. The van der Waals surface area contributed by atoms with Crippen LogP contribution < -0.4 is 14.2 Å². The number of nitrogens with one attached hydrogen (secondary N) is 1. The van der Waals surface area contributed by atoms with E-state index >= 15 is 0 Å². The van der Waals surface area contributed by atoms with Gasteiger partial charge in [0.05, 0.1) is 4.90 Å². The molecule has 1 aliphatic heterocycles. The number of ether oxygens (including phenoxy) is 2. The lowest BCUT2D eigenvalue weighted by Crippen LogP contribution is -2.48. The van der Waals surface area contributed by atoms with Gasteiger partial charge in [0, 0.05) is 17.0 Å². The zero-order valence-corrected chi connectivity index (χ0v) is 13.2. The highest BCUT2D eigenvalue weighted by molar-refractivity contribution is 7.89. The van der Waals surface area contributed by atoms with Crippen LogP contribution >= 0.6 is 11.6 Å². The molecule has 1 atom stereocenters. The van der Waals surface area contributed by atoms with E-state index < -0.39 is 15.6 Å². The first kappa shape index (κ1) is 15.4. The molecule has 0 aliphatic carbocycles. The molecule has 5 nitrogen and oxygen atoms in total. The molecule has 1 unspecified atom stereocenters. The van der Waals surface area contributed by atoms with Gasteiger partial charge in [-0.15, -0.1) is 11.6 Å². The number of fused-ring (bicyclic) bond motifs is 1. The van der Waals surface area contributed by atoms with Crippen molar-refractivity contribution in [2.24, 2.45) is 0 Å². The fourth-order valence-electron chi connectivity index (χ4n) is 1.68. The van der Waals surface area contributed by atoms with E-state index in [1.54, 1.807) is 26.8 Å². The van der Waals surface area contributed by atoms with Crippen molar-refractivity contribution >= 4 is 21.6 Å². The van der Waals surface area contributed by atoms with Crippen LogP contribution in [0.5, 0.6) is 11.5 Å². The van der Waals surface area contributed by atoms with Gasteiger partial charge in [0.2, 0.25) is 10.0 Å². The summed E-state index contributed by atoms with van der Waals surface area (Å²) < 4.78 is 38.1. The third kappa shape index (κ3) is 3.19. The number of benzene rings is 1. The van der Waals surface area contributed by atoms with Crippen LogP contribution in [0.4, 0.5) is 0 Å². The Morgan fingerprint density at radius 3 is 2.45 bits per heavy atom. The van der Waals surface area contributed by atoms with Gasteiger partial charge in [-0.25, -0.2) is 13.1 Å². The smallest absolute Gasteiger partial charge is 0.241 e. The van der Waals surface area contributed by atoms with E-state index in [2.05, 4.69) is 4.72 Å². The molecule has 7 heteroatoms. The van der Waals surface area contributed by atoms with E-state index in [1.165, 1.54) is 12.1 Å². The maximum absolute atomic E-state index is 12.4. The van der Waals surface area contributed by atoms with Gasteiger partial charge in [0.15, 0.2) is 11.5 Å². The average Bonchev–Trinajstić information content (AvgIpc) is 2.36. The second-order valence-electron chi connectivity index (χ2n) is 5.25. The molecule has 0 saturated carbocycles. The van der Waals surface area contributed by atoms with Crippen molar-refractivity contribution in [1.29, 1.82) is 0 Å². The van der Waals surface area contributed by atoms with E-state index in [9.17, 15) is 8.42 Å². The van der Waals surface area contributed by atoms with Crippen molar-refractivity contribution in [2.75, 3.05) is 13.2 Å². The maximum Gasteiger partial charge on any atom is 0.241 e. The molecule has 0 saturated heterocycles. The van der Waals surface area contributed by atoms with Crippen molar-refractivity contribution < 1.29 is 17.9 Å². The highest BCUT2D eigenvalue weighted by atomic mass is 35.5. The van der Waals surface area contributed by atoms with Gasteiger partial charge < -0.3 is 9.47 Å². The summed E-state index contributed by atoms with van der Waals surface area (Å²) in [6, 6.07) is 4.55. The molecule has 2 rings (SSSR count). The van der Waals surface area contributed by atoms with Crippen molar-refractivity contribution in [1.82, 2.24) is 4.72 Å². The van der Waals surface area contributed by atoms with E-state index in [0.717, 1.165) is 0 Å². The molecule has 20 heavy (non-hydrogen) atoms. The molecular weight excluding hydrogens is 302 g/mol. The maximum atomic E-state index is 12.4. The highest BCUT2D eigenvalue weighted by Crippen LogP contribution is 2.32. The zero-order valence-electron chi connectivity index (χ0n) is 11.6. The summed E-state index contributed by atoms with van der Waals surface area (Å²) in [6.45, 7) is 6.09. The predicted molar refractivity (Wildman–Crippen MR) is 77.1 cm³/mol. The van der Waals surface area contributed by atoms with Crippen LogP contribution in [-0.2, 0) is 10.0 Å². The molecule has 0 aromatic heterocycles. The van der Waals surface area contributed by atoms with Gasteiger partial charge in [0.25, 0.3) is 0 Å². The summed E-state index contributed by atoms with van der Waals surface area (Å²) >= 11 is 6.01. The fourth-order valence-corrected chi connectivity index (χ4v) is 3.29. The van der Waals surface area contributed by atoms with Crippen LogP contribution in [0.2, 0.25) is 0 Å². The SMILES string of the molecule is CC(Cl)C(C)(C)NS(=O)(=O)c1ccc2c(c1)OCCO2. The molecule has 0 fully saturated rings. The van der Waals surface area contributed by atoms with E-state index in [1.807, 2.05) is 0 Å². The van der Waals surface area contributed by atoms with Crippen LogP contribution in [0, 0.1) is 0 Å². The minimum absolute atomic E-state index is 0.132. The quantitative estimate of drug-likeness (QED) is 0.864. The zero-order chi connectivity index (χ0) is 15.0. The number of hydrogen-bond donors (Lipinski definition) is 1. The lowest BCUT2D eigenvalue weighted by molar-refractivity contribution is 0.171. The largest absolute Gasteiger partial charge is 0.486 e. The first-order chi connectivity index (χ1) is 9.22. The van der Waals surface area contributed by atoms with E-state index in [4.69, 9.17) is 21.1 Å². The molecule has 112 valence electrons. The normalized spacial score (nSPS) is 16.8. The van der Waals surface area contributed by atoms with Crippen molar-refractivity contribution in [2.45, 2.75) is 36.6 Å². The second-order valence-corrected chi connectivity index (χ2v) is 7.59. The summed E-state index contributed by atoms with van der Waals surface area (Å²) in [4.78, 5) is 0.132. The monoisotopic (exact) mass is 319 g/mol. The van der Waals surface area contributed by atoms with Crippen molar-refractivity contribution in [3.8, 4) is 11.5 Å². The summed E-state index contributed by atoms with van der Waals surface area (Å²) in [5.74, 6) is 0.996. The third-order valence-electron chi connectivity index (χ3n) is 3.22. The average molecular weight is 320 g/mol. The molecule has 1 aliphatic rings. The van der Waals surface area contributed by atoms with Gasteiger partial charge in [-0.2, -0.15) is 0 Å². The summed E-state index contributed by atoms with van der Waals surface area (Å²) in [5, 5.41) is -0.352. The predicted octanol–water partition coefficient (Wildman–Crippen LogP) is 2.14. The van der Waals surface area contributed by atoms with Gasteiger partial charge in [-0.05, 0) is 32.9 Å². The number of halogens is 1. The molecule has 1 aromatic rings. The molecule has 0 bridgehead atoms. The number of hydrogen-bond acceptors (Lipinski definition) is 4. The van der Waals surface area contributed by atoms with Crippen LogP contribution in [0.15, 0.2) is 23.1 Å². The number of alkyl halides is 1. The molecule has 0 spiro atoms. The summed E-state index contributed by atoms with van der Waals surface area (Å²) in [5.41, 5.74) is -0.756. The topological polar surface area (TPSA) is 64.6 Å². The Labute approximate surface area is 124 Å². The first-order valence-electron chi connectivity index (χ1n) is 6.30. The van der Waals surface area contributed by atoms with Crippen molar-refractivity contribution in [3.05, 3.63) is 18.2 Å². The Bertz CT molecular complexity index is 598. The molecule has 1 N–H and O–H groups in total. The second kappa shape index (κ2) is 5.42. The van der Waals surface area contributed by atoms with E-state index in [0.29, 0.717) is 24.7 Å². The third-order valence-corrected chi connectivity index (χ3v) is 5.43. The highest BCUT2D eigenvalue weighted by Gasteiger charge is 2.31. The van der Waals surface area contributed by atoms with Gasteiger partial charge in [-0.1, -0.05) is 0 Å². The molecule has 1 aromatic carbocycles. The van der Waals surface area contributed by atoms with Crippen LogP contribution in [0.1, 0.15) is 20.8 Å². The minimum Gasteiger partial charge on any atom is -0.486 e. The van der Waals surface area contributed by atoms with Crippen LogP contribution in [0.25, 0.3) is 0 Å². The lowest BCUT2D eigenvalue weighted by atomic mass is 10.0. The molecule has 1 heterocycles. The number of sulfonamides is 1. The Hall–Kier alpha value is -0.980. The fraction of sp³-hybridized carbons (Fsp3) is 0.538. The molecular formula is C13H18ClNO4S. The summed E-state index contributed by atoms with van der Waals surface area (Å²) in [7, 11) is -3.67. The standard InChI is InChI=1S/C13H18ClNO4S/c1-9(14)13(2,3)15-20(16,17)10-4-5-11-12(8-10)19-7-6-18-11/h4-5,8-9,15H,6-7H2,1-3H3. The van der Waals surface area contributed by atoms with E-state index in [-0.39, 0.29) is 10.3 Å². The minimum atomic E-state index is -3.67. The van der Waals surface area contributed by atoms with Crippen LogP contribution in [0.3, 0.4) is 0 Å². The Morgan fingerprint density at radius 1 is 1.25 bits per heavy atom. The van der Waals surface area contributed by atoms with Gasteiger partial charge in [0.1, 0.15) is 13.2 Å². The first-order valence-corrected chi connectivity index (χ1v) is 8.22.